The van der Waals surface area contributed by atoms with Gasteiger partial charge in [0.25, 0.3) is 0 Å². The van der Waals surface area contributed by atoms with Crippen molar-refractivity contribution in [2.75, 3.05) is 5.32 Å². The van der Waals surface area contributed by atoms with Crippen LogP contribution in [0.1, 0.15) is 45.1 Å². The van der Waals surface area contributed by atoms with E-state index < -0.39 is 0 Å². The first-order chi connectivity index (χ1) is 9.92. The molecule has 0 unspecified atom stereocenters. The summed E-state index contributed by atoms with van der Waals surface area (Å²) in [4.78, 5) is 16.5. The lowest BCUT2D eigenvalue weighted by Crippen LogP contribution is -2.22. The number of thiazole rings is 1. The molecule has 0 saturated carbocycles. The molecule has 0 aliphatic carbocycles. The van der Waals surface area contributed by atoms with Gasteiger partial charge in [0.05, 0.1) is 15.0 Å². The summed E-state index contributed by atoms with van der Waals surface area (Å²) in [5.74, 6) is 0.362. The van der Waals surface area contributed by atoms with Crippen molar-refractivity contribution in [3.63, 3.8) is 0 Å². The third-order valence-electron chi connectivity index (χ3n) is 3.17. The Hall–Kier alpha value is -0.460. The van der Waals surface area contributed by atoms with Crippen LogP contribution in [0.4, 0.5) is 5.13 Å². The highest BCUT2D eigenvalue weighted by Crippen LogP contribution is 2.34. The van der Waals surface area contributed by atoms with Gasteiger partial charge in [-0.15, -0.1) is 0 Å². The van der Waals surface area contributed by atoms with Crippen LogP contribution < -0.4 is 5.32 Å². The van der Waals surface area contributed by atoms with Gasteiger partial charge in [0.15, 0.2) is 5.13 Å². The maximum Gasteiger partial charge on any atom is 0.239 e. The van der Waals surface area contributed by atoms with Gasteiger partial charge in [-0.2, -0.15) is 0 Å². The monoisotopic (exact) mass is 432 g/mol. The summed E-state index contributed by atoms with van der Waals surface area (Å²) >= 11 is 8.46. The molecule has 1 amide bonds. The second kappa shape index (κ2) is 7.20. The number of rotatable bonds is 5. The molecule has 0 bridgehead atoms. The van der Waals surface area contributed by atoms with Crippen LogP contribution >= 0.6 is 43.2 Å². The number of fused-ring (bicyclic) bond motifs is 1. The number of alkyl halides is 1. The van der Waals surface area contributed by atoms with Gasteiger partial charge in [-0.3, -0.25) is 4.79 Å². The van der Waals surface area contributed by atoms with Crippen molar-refractivity contribution < 1.29 is 4.79 Å². The van der Waals surface area contributed by atoms with Gasteiger partial charge in [0, 0.05) is 4.47 Å². The first-order valence-corrected chi connectivity index (χ1v) is 9.49. The van der Waals surface area contributed by atoms with Crippen molar-refractivity contribution in [2.45, 2.75) is 44.4 Å². The Labute approximate surface area is 145 Å². The van der Waals surface area contributed by atoms with Crippen LogP contribution in [-0.4, -0.2) is 15.7 Å². The average molecular weight is 434 g/mol. The van der Waals surface area contributed by atoms with Gasteiger partial charge in [0.1, 0.15) is 0 Å². The molecule has 0 fully saturated rings. The van der Waals surface area contributed by atoms with Crippen LogP contribution in [0.15, 0.2) is 16.6 Å². The van der Waals surface area contributed by atoms with Gasteiger partial charge in [-0.25, -0.2) is 4.98 Å². The molecule has 0 radical (unpaired) electrons. The Morgan fingerprint density at radius 1 is 1.43 bits per heavy atom. The number of nitrogens with one attached hydrogen (secondary N) is 1. The minimum absolute atomic E-state index is 0.0268. The van der Waals surface area contributed by atoms with E-state index in [0.29, 0.717) is 11.0 Å². The molecule has 0 spiro atoms. The molecular formula is C15H18Br2N2OS. The van der Waals surface area contributed by atoms with Crippen LogP contribution in [0.2, 0.25) is 0 Å². The van der Waals surface area contributed by atoms with Crippen molar-refractivity contribution in [2.24, 2.45) is 0 Å². The Morgan fingerprint density at radius 2 is 2.14 bits per heavy atom. The molecule has 21 heavy (non-hydrogen) atoms. The van der Waals surface area contributed by atoms with Crippen molar-refractivity contribution >= 4 is 64.5 Å². The lowest BCUT2D eigenvalue weighted by atomic mass is 10.0. The van der Waals surface area contributed by atoms with E-state index in [1.54, 1.807) is 0 Å². The average Bonchev–Trinajstić information content (AvgIpc) is 2.79. The maximum atomic E-state index is 12.1. The number of carbonyl (C=O) groups excluding carboxylic acids is 1. The third kappa shape index (κ3) is 4.05. The van der Waals surface area contributed by atoms with Crippen LogP contribution in [-0.2, 0) is 4.79 Å². The number of anilines is 1. The van der Waals surface area contributed by atoms with Gasteiger partial charge >= 0.3 is 0 Å². The molecule has 0 aliphatic heterocycles. The summed E-state index contributed by atoms with van der Waals surface area (Å²) in [6, 6.07) is 4.15. The van der Waals surface area contributed by atoms with Gasteiger partial charge in [-0.05, 0) is 30.0 Å². The number of hydrogen-bond donors (Lipinski definition) is 1. The number of carbonyl (C=O) groups is 1. The normalized spacial score (nSPS) is 12.9. The van der Waals surface area contributed by atoms with Gasteiger partial charge < -0.3 is 5.32 Å². The standard InChI is InChI=1S/C15H18Br2N2OS/c1-4-5-11(17)14(20)19-15-18-13-10(8(2)3)6-9(16)7-12(13)21-15/h6-8,11H,4-5H2,1-3H3,(H,18,19,20)/t11-/m1/s1. The van der Waals surface area contributed by atoms with E-state index in [4.69, 9.17) is 0 Å². The predicted molar refractivity (Wildman–Crippen MR) is 97.7 cm³/mol. The Bertz CT molecular complexity index is 654. The van der Waals surface area contributed by atoms with Crippen LogP contribution in [0.5, 0.6) is 0 Å². The van der Waals surface area contributed by atoms with Crippen molar-refractivity contribution in [1.29, 1.82) is 0 Å². The highest BCUT2D eigenvalue weighted by atomic mass is 79.9. The van der Waals surface area contributed by atoms with Crippen LogP contribution in [0, 0.1) is 0 Å². The molecule has 0 saturated heterocycles. The molecule has 2 aromatic rings. The molecule has 2 rings (SSSR count). The molecule has 3 nitrogen and oxygen atoms in total. The lowest BCUT2D eigenvalue weighted by Gasteiger charge is -2.07. The first-order valence-electron chi connectivity index (χ1n) is 6.97. The Balaban J connectivity index is 2.31. The summed E-state index contributed by atoms with van der Waals surface area (Å²) in [5, 5.41) is 3.57. The molecule has 114 valence electrons. The van der Waals surface area contributed by atoms with E-state index >= 15 is 0 Å². The molecule has 1 aromatic heterocycles. The van der Waals surface area contributed by atoms with Crippen molar-refractivity contribution in [1.82, 2.24) is 4.98 Å². The Kier molecular flexibility index (Phi) is 5.80. The van der Waals surface area contributed by atoms with E-state index in [9.17, 15) is 4.79 Å². The van der Waals surface area contributed by atoms with E-state index in [-0.39, 0.29) is 10.7 Å². The third-order valence-corrected chi connectivity index (χ3v) is 5.42. The predicted octanol–water partition coefficient (Wildman–Crippen LogP) is 5.68. The van der Waals surface area contributed by atoms with Crippen LogP contribution in [0.3, 0.4) is 0 Å². The van der Waals surface area contributed by atoms with Crippen molar-refractivity contribution in [3.05, 3.63) is 22.2 Å². The zero-order chi connectivity index (χ0) is 15.6. The van der Waals surface area contributed by atoms with Gasteiger partial charge in [0.2, 0.25) is 5.91 Å². The highest BCUT2D eigenvalue weighted by Gasteiger charge is 2.17. The van der Waals surface area contributed by atoms with E-state index in [1.807, 2.05) is 6.07 Å². The second-order valence-electron chi connectivity index (χ2n) is 5.26. The molecule has 0 aliphatic rings. The number of aromatic nitrogens is 1. The minimum atomic E-state index is -0.161. The number of amides is 1. The molecular weight excluding hydrogens is 416 g/mol. The summed E-state index contributed by atoms with van der Waals surface area (Å²) in [6.07, 6.45) is 1.78. The topological polar surface area (TPSA) is 42.0 Å². The zero-order valence-electron chi connectivity index (χ0n) is 12.2. The molecule has 1 heterocycles. The van der Waals surface area contributed by atoms with E-state index in [1.165, 1.54) is 16.9 Å². The number of nitrogens with zero attached hydrogens (tertiary/aromatic N) is 1. The van der Waals surface area contributed by atoms with Crippen LogP contribution in [0.25, 0.3) is 10.2 Å². The number of hydrogen-bond acceptors (Lipinski definition) is 3. The fourth-order valence-electron chi connectivity index (χ4n) is 2.08. The number of benzene rings is 1. The summed E-state index contributed by atoms with van der Waals surface area (Å²) in [6.45, 7) is 6.36. The maximum absolute atomic E-state index is 12.1. The molecule has 1 atom stereocenters. The van der Waals surface area contributed by atoms with Gasteiger partial charge in [-0.1, -0.05) is 70.4 Å². The second-order valence-corrected chi connectivity index (χ2v) is 8.31. The fraction of sp³-hybridized carbons (Fsp3) is 0.467. The fourth-order valence-corrected chi connectivity index (χ4v) is 4.22. The SMILES string of the molecule is CCC[C@@H](Br)C(=O)Nc1nc2c(C(C)C)cc(Br)cc2s1. The summed E-state index contributed by atoms with van der Waals surface area (Å²) in [7, 11) is 0. The molecule has 6 heteroatoms. The number of halogens is 2. The van der Waals surface area contributed by atoms with E-state index in [0.717, 1.165) is 27.5 Å². The largest absolute Gasteiger partial charge is 0.301 e. The lowest BCUT2D eigenvalue weighted by molar-refractivity contribution is -0.115. The summed E-state index contributed by atoms with van der Waals surface area (Å²) in [5.41, 5.74) is 2.18. The quantitative estimate of drug-likeness (QED) is 0.615. The van der Waals surface area contributed by atoms with Crippen molar-refractivity contribution in [3.8, 4) is 0 Å². The smallest absolute Gasteiger partial charge is 0.239 e. The minimum Gasteiger partial charge on any atom is -0.301 e. The molecule has 1 N–H and O–H groups in total. The first kappa shape index (κ1) is 16.9. The molecule has 1 aromatic carbocycles. The zero-order valence-corrected chi connectivity index (χ0v) is 16.2. The van der Waals surface area contributed by atoms with E-state index in [2.05, 4.69) is 69.0 Å². The summed E-state index contributed by atoms with van der Waals surface area (Å²) < 4.78 is 2.13. The Morgan fingerprint density at radius 3 is 2.76 bits per heavy atom. The highest BCUT2D eigenvalue weighted by molar-refractivity contribution is 9.10.